The van der Waals surface area contributed by atoms with E-state index in [4.69, 9.17) is 9.84 Å². The molecule has 1 aliphatic heterocycles. The van der Waals surface area contributed by atoms with Crippen LogP contribution < -0.4 is 10.1 Å². The lowest BCUT2D eigenvalue weighted by molar-refractivity contribution is -0.154. The molecule has 2 amide bonds. The van der Waals surface area contributed by atoms with Gasteiger partial charge in [0.1, 0.15) is 5.69 Å². The Morgan fingerprint density at radius 3 is 2.90 bits per heavy atom. The Balaban J connectivity index is 1.73. The number of aromatic nitrogens is 2. The van der Waals surface area contributed by atoms with Crippen LogP contribution >= 0.6 is 0 Å². The summed E-state index contributed by atoms with van der Waals surface area (Å²) in [7, 11) is 0. The third kappa shape index (κ3) is 4.67. The molecule has 156 valence electrons. The summed E-state index contributed by atoms with van der Waals surface area (Å²) in [6.45, 7) is 0.239. The minimum Gasteiger partial charge on any atom is -0.469 e. The minimum absolute atomic E-state index is 0.00720. The number of hydrogen-bond donors (Lipinski definition) is 3. The molecule has 0 fully saturated rings. The van der Waals surface area contributed by atoms with Gasteiger partial charge in [-0.2, -0.15) is 13.2 Å². The topological polar surface area (TPSA) is 108 Å². The number of pyridine rings is 1. The van der Waals surface area contributed by atoms with Crippen molar-refractivity contribution in [2.75, 3.05) is 19.8 Å². The van der Waals surface area contributed by atoms with Crippen LogP contribution in [0.5, 0.6) is 5.88 Å². The molecule has 0 unspecified atom stereocenters. The van der Waals surface area contributed by atoms with Gasteiger partial charge in [-0.15, -0.1) is 0 Å². The molecule has 0 radical (unpaired) electrons. The standard InChI is InChI=1S/C18H19F3N4O4/c1-10-6-11(24-16(10)29-9-18(19,20)21)7-25-8-13-12(17(25)28)2-3-22-14(13)15(27)23-4-5-26/h2-3,6,24,26H,4-5,7-9H2,1H3,(H,23,27). The van der Waals surface area contributed by atoms with E-state index in [1.165, 1.54) is 17.2 Å². The average Bonchev–Trinajstić information content (AvgIpc) is 3.17. The van der Waals surface area contributed by atoms with Gasteiger partial charge < -0.3 is 25.0 Å². The maximum absolute atomic E-state index is 12.7. The highest BCUT2D eigenvalue weighted by Gasteiger charge is 2.32. The van der Waals surface area contributed by atoms with Crippen molar-refractivity contribution in [3.05, 3.63) is 46.4 Å². The van der Waals surface area contributed by atoms with E-state index in [0.29, 0.717) is 22.4 Å². The predicted octanol–water partition coefficient (Wildman–Crippen LogP) is 1.54. The molecule has 0 spiro atoms. The van der Waals surface area contributed by atoms with Crippen molar-refractivity contribution >= 4 is 11.8 Å². The van der Waals surface area contributed by atoms with Crippen molar-refractivity contribution < 1.29 is 32.6 Å². The van der Waals surface area contributed by atoms with E-state index < -0.39 is 18.7 Å². The molecule has 3 rings (SSSR count). The van der Waals surface area contributed by atoms with E-state index in [2.05, 4.69) is 15.3 Å². The number of carbonyl (C=O) groups excluding carboxylic acids is 2. The molecule has 0 saturated carbocycles. The summed E-state index contributed by atoms with van der Waals surface area (Å²) >= 11 is 0. The van der Waals surface area contributed by atoms with Gasteiger partial charge in [-0.25, -0.2) is 0 Å². The molecule has 0 aromatic carbocycles. The van der Waals surface area contributed by atoms with Crippen molar-refractivity contribution in [1.29, 1.82) is 0 Å². The summed E-state index contributed by atoms with van der Waals surface area (Å²) in [6.07, 6.45) is -3.10. The highest BCUT2D eigenvalue weighted by atomic mass is 19.4. The van der Waals surface area contributed by atoms with E-state index in [9.17, 15) is 22.8 Å². The molecule has 0 atom stereocenters. The van der Waals surface area contributed by atoms with Crippen LogP contribution in [-0.2, 0) is 13.1 Å². The number of fused-ring (bicyclic) bond motifs is 1. The number of H-pyrrole nitrogens is 1. The van der Waals surface area contributed by atoms with E-state index in [0.717, 1.165) is 0 Å². The first-order valence-electron chi connectivity index (χ1n) is 8.74. The fourth-order valence-corrected chi connectivity index (χ4v) is 3.06. The SMILES string of the molecule is Cc1cc(CN2Cc3c(ccnc3C(=O)NCCO)C2=O)[nH]c1OCC(F)(F)F. The third-order valence-electron chi connectivity index (χ3n) is 4.30. The second kappa shape index (κ2) is 8.11. The molecule has 11 heteroatoms. The molecule has 2 aromatic rings. The Morgan fingerprint density at radius 1 is 1.45 bits per heavy atom. The number of alkyl halides is 3. The molecule has 0 saturated heterocycles. The van der Waals surface area contributed by atoms with Crippen LogP contribution in [0, 0.1) is 6.92 Å². The van der Waals surface area contributed by atoms with E-state index >= 15 is 0 Å². The van der Waals surface area contributed by atoms with Crippen LogP contribution in [0.15, 0.2) is 18.3 Å². The van der Waals surface area contributed by atoms with Gasteiger partial charge in [-0.05, 0) is 19.1 Å². The number of carbonyl (C=O) groups is 2. The molecule has 3 heterocycles. The number of hydrogen-bond acceptors (Lipinski definition) is 5. The zero-order chi connectivity index (χ0) is 21.2. The van der Waals surface area contributed by atoms with Crippen molar-refractivity contribution in [3.8, 4) is 5.88 Å². The number of ether oxygens (including phenoxy) is 1. The van der Waals surface area contributed by atoms with E-state index in [1.807, 2.05) is 0 Å². The minimum atomic E-state index is -4.45. The van der Waals surface area contributed by atoms with Crippen molar-refractivity contribution in [2.24, 2.45) is 0 Å². The smallest absolute Gasteiger partial charge is 0.422 e. The zero-order valence-corrected chi connectivity index (χ0v) is 15.5. The van der Waals surface area contributed by atoms with Crippen LogP contribution in [0.4, 0.5) is 13.2 Å². The lowest BCUT2D eigenvalue weighted by atomic mass is 10.1. The fourth-order valence-electron chi connectivity index (χ4n) is 3.06. The number of aliphatic hydroxyl groups is 1. The van der Waals surface area contributed by atoms with Crippen LogP contribution in [0.2, 0.25) is 0 Å². The number of aromatic amines is 1. The second-order valence-electron chi connectivity index (χ2n) is 6.54. The Bertz CT molecular complexity index is 926. The van der Waals surface area contributed by atoms with Gasteiger partial charge >= 0.3 is 6.18 Å². The number of nitrogens with zero attached hydrogens (tertiary/aromatic N) is 2. The van der Waals surface area contributed by atoms with Crippen LogP contribution in [0.3, 0.4) is 0 Å². The first-order valence-corrected chi connectivity index (χ1v) is 8.74. The molecule has 8 nitrogen and oxygen atoms in total. The summed E-state index contributed by atoms with van der Waals surface area (Å²) in [6, 6.07) is 3.12. The van der Waals surface area contributed by atoms with Gasteiger partial charge in [0.25, 0.3) is 11.8 Å². The number of aryl methyl sites for hydroxylation is 1. The van der Waals surface area contributed by atoms with Gasteiger partial charge in [-0.1, -0.05) is 0 Å². The normalized spacial score (nSPS) is 13.6. The largest absolute Gasteiger partial charge is 0.469 e. The number of rotatable bonds is 7. The first-order chi connectivity index (χ1) is 13.7. The summed E-state index contributed by atoms with van der Waals surface area (Å²) in [4.78, 5) is 33.1. The number of amides is 2. The number of aliphatic hydroxyl groups excluding tert-OH is 1. The summed E-state index contributed by atoms with van der Waals surface area (Å²) in [5.74, 6) is -0.819. The van der Waals surface area contributed by atoms with Crippen molar-refractivity contribution in [3.63, 3.8) is 0 Å². The highest BCUT2D eigenvalue weighted by molar-refractivity contribution is 6.03. The highest BCUT2D eigenvalue weighted by Crippen LogP contribution is 2.28. The lowest BCUT2D eigenvalue weighted by Crippen LogP contribution is -2.28. The Labute approximate surface area is 163 Å². The van der Waals surface area contributed by atoms with Gasteiger partial charge in [-0.3, -0.25) is 14.6 Å². The fraction of sp³-hybridized carbons (Fsp3) is 0.389. The first kappa shape index (κ1) is 20.6. The van der Waals surface area contributed by atoms with Gasteiger partial charge in [0.05, 0.1) is 13.2 Å². The molecule has 1 aliphatic rings. The number of nitrogens with one attached hydrogen (secondary N) is 2. The molecular formula is C18H19F3N4O4. The van der Waals surface area contributed by atoms with Gasteiger partial charge in [0.15, 0.2) is 12.5 Å². The second-order valence-corrected chi connectivity index (χ2v) is 6.54. The van der Waals surface area contributed by atoms with Crippen LogP contribution in [0.1, 0.15) is 37.7 Å². The van der Waals surface area contributed by atoms with E-state index in [1.54, 1.807) is 13.0 Å². The molecule has 0 aliphatic carbocycles. The Kier molecular flexibility index (Phi) is 5.78. The maximum Gasteiger partial charge on any atom is 0.422 e. The summed E-state index contributed by atoms with van der Waals surface area (Å²) in [5.41, 5.74) is 1.89. The summed E-state index contributed by atoms with van der Waals surface area (Å²) in [5, 5.41) is 11.3. The van der Waals surface area contributed by atoms with Gasteiger partial charge in [0, 0.05) is 41.7 Å². The lowest BCUT2D eigenvalue weighted by Gasteiger charge is -2.14. The van der Waals surface area contributed by atoms with E-state index in [-0.39, 0.29) is 43.7 Å². The van der Waals surface area contributed by atoms with Crippen LogP contribution in [0.25, 0.3) is 0 Å². The zero-order valence-electron chi connectivity index (χ0n) is 15.5. The van der Waals surface area contributed by atoms with Gasteiger partial charge in [0.2, 0.25) is 0 Å². The molecular weight excluding hydrogens is 393 g/mol. The van der Waals surface area contributed by atoms with Crippen LogP contribution in [-0.4, -0.2) is 57.7 Å². The molecule has 29 heavy (non-hydrogen) atoms. The third-order valence-corrected chi connectivity index (χ3v) is 4.30. The quantitative estimate of drug-likeness (QED) is 0.640. The monoisotopic (exact) mass is 412 g/mol. The Morgan fingerprint density at radius 2 is 2.21 bits per heavy atom. The molecule has 2 aromatic heterocycles. The van der Waals surface area contributed by atoms with Crippen molar-refractivity contribution in [1.82, 2.24) is 20.2 Å². The summed E-state index contributed by atoms with van der Waals surface area (Å²) < 4.78 is 41.8. The average molecular weight is 412 g/mol. The Hall–Kier alpha value is -3.08. The molecule has 0 bridgehead atoms. The molecule has 3 N–H and O–H groups in total. The predicted molar refractivity (Wildman–Crippen MR) is 94.3 cm³/mol. The number of halogens is 3. The maximum atomic E-state index is 12.7. The van der Waals surface area contributed by atoms with Crippen molar-refractivity contribution in [2.45, 2.75) is 26.2 Å².